The molecule has 0 spiro atoms. The van der Waals surface area contributed by atoms with E-state index in [1.807, 2.05) is 0 Å². The third kappa shape index (κ3) is 4.87. The third-order valence-electron chi connectivity index (χ3n) is 7.45. The number of fused-ring (bicyclic) bond motifs is 1. The smallest absolute Gasteiger partial charge is 0.225 e. The Kier molecular flexibility index (Phi) is 6.13. The molecule has 2 aromatic rings. The molecule has 0 radical (unpaired) electrons. The molecule has 0 saturated heterocycles. The first-order valence-electron chi connectivity index (χ1n) is 12.4. The first kappa shape index (κ1) is 20.7. The molecule has 2 N–H and O–H groups in total. The van der Waals surface area contributed by atoms with Crippen molar-refractivity contribution in [3.8, 4) is 0 Å². The molecule has 1 atom stereocenters. The fourth-order valence-electron chi connectivity index (χ4n) is 5.17. The van der Waals surface area contributed by atoms with Gasteiger partial charge >= 0.3 is 0 Å². The zero-order chi connectivity index (χ0) is 21.2. The van der Waals surface area contributed by atoms with E-state index in [1.165, 1.54) is 56.1 Å². The number of rotatable bonds is 7. The topological polar surface area (TPSA) is 53.1 Å². The van der Waals surface area contributed by atoms with Crippen LogP contribution in [0, 0.1) is 11.8 Å². The van der Waals surface area contributed by atoms with Crippen LogP contribution in [-0.4, -0.2) is 47.6 Å². The van der Waals surface area contributed by atoms with Gasteiger partial charge in [0.05, 0.1) is 5.52 Å². The zero-order valence-electron chi connectivity index (χ0n) is 19.2. The summed E-state index contributed by atoms with van der Waals surface area (Å²) in [6, 6.07) is 7.05. The molecule has 1 aromatic heterocycles. The maximum Gasteiger partial charge on any atom is 0.225 e. The van der Waals surface area contributed by atoms with Gasteiger partial charge in [-0.05, 0) is 69.6 Å². The molecule has 2 heterocycles. The summed E-state index contributed by atoms with van der Waals surface area (Å²) in [5.41, 5.74) is 3.78. The predicted octanol–water partition coefficient (Wildman–Crippen LogP) is 5.55. The van der Waals surface area contributed by atoms with Crippen LogP contribution in [0.4, 0.5) is 11.8 Å². The number of likely N-dealkylation sites (N-methyl/N-ethyl adjacent to an activating group) is 1. The molecular formula is C26H37N5. The Hall–Kier alpha value is -2.14. The summed E-state index contributed by atoms with van der Waals surface area (Å²) in [5, 5.41) is 8.50. The van der Waals surface area contributed by atoms with Gasteiger partial charge in [-0.1, -0.05) is 37.5 Å². The highest BCUT2D eigenvalue weighted by Crippen LogP contribution is 2.36. The van der Waals surface area contributed by atoms with Crippen molar-refractivity contribution in [3.05, 3.63) is 29.8 Å². The van der Waals surface area contributed by atoms with Crippen LogP contribution in [0.2, 0.25) is 0 Å². The number of hydrogen-bond acceptors (Lipinski definition) is 5. The van der Waals surface area contributed by atoms with Crippen LogP contribution in [-0.2, 0) is 0 Å². The summed E-state index contributed by atoms with van der Waals surface area (Å²) < 4.78 is 0. The number of hydrogen-bond donors (Lipinski definition) is 2. The lowest BCUT2D eigenvalue weighted by Gasteiger charge is -2.24. The molecule has 3 aliphatic rings. The Labute approximate surface area is 186 Å². The minimum Gasteiger partial charge on any atom is -0.367 e. The molecular weight excluding hydrogens is 382 g/mol. The van der Waals surface area contributed by atoms with Crippen molar-refractivity contribution in [1.29, 1.82) is 0 Å². The van der Waals surface area contributed by atoms with Crippen molar-refractivity contribution in [1.82, 2.24) is 14.9 Å². The lowest BCUT2D eigenvalue weighted by atomic mass is 9.89. The maximum atomic E-state index is 5.07. The minimum absolute atomic E-state index is 0.454. The average Bonchev–Trinajstić information content (AvgIpc) is 3.64. The molecule has 5 rings (SSSR count). The molecule has 5 heteroatoms. The molecule has 0 bridgehead atoms. The van der Waals surface area contributed by atoms with E-state index in [-0.39, 0.29) is 0 Å². The molecule has 31 heavy (non-hydrogen) atoms. The normalized spacial score (nSPS) is 21.7. The largest absolute Gasteiger partial charge is 0.367 e. The van der Waals surface area contributed by atoms with Gasteiger partial charge in [0.15, 0.2) is 0 Å². The Morgan fingerprint density at radius 2 is 1.94 bits per heavy atom. The van der Waals surface area contributed by atoms with Crippen LogP contribution >= 0.6 is 0 Å². The molecule has 1 aliphatic heterocycles. The Balaban J connectivity index is 1.48. The molecule has 0 amide bonds. The molecule has 5 nitrogen and oxygen atoms in total. The van der Waals surface area contributed by atoms with Gasteiger partial charge in [-0.25, -0.2) is 4.98 Å². The van der Waals surface area contributed by atoms with Crippen LogP contribution in [0.25, 0.3) is 16.5 Å². The first-order chi connectivity index (χ1) is 15.2. The highest BCUT2D eigenvalue weighted by Gasteiger charge is 2.29. The van der Waals surface area contributed by atoms with E-state index in [1.54, 1.807) is 0 Å². The number of nitrogens with zero attached hydrogens (tertiary/aromatic N) is 3. The standard InChI is InChI=1S/C26H37N5/c1-18(20-11-12-20)28-25-23-10-6-9-22(21-13-15-31(2)16-14-21)24(23)29-26(30-25)27-17-19-7-4-3-5-8-19/h6,9-10,13,18-20H,3-5,7-8,11-12,14-17H2,1-2H3,(H2,27,28,29,30). The molecule has 2 fully saturated rings. The number of benzene rings is 1. The number of anilines is 2. The van der Waals surface area contributed by atoms with Gasteiger partial charge in [-0.15, -0.1) is 0 Å². The molecule has 2 aliphatic carbocycles. The quantitative estimate of drug-likeness (QED) is 0.616. The number of para-hydroxylation sites is 1. The summed E-state index contributed by atoms with van der Waals surface area (Å²) >= 11 is 0. The van der Waals surface area contributed by atoms with Crippen LogP contribution in [0.1, 0.15) is 63.9 Å². The van der Waals surface area contributed by atoms with E-state index < -0.39 is 0 Å². The fourth-order valence-corrected chi connectivity index (χ4v) is 5.17. The van der Waals surface area contributed by atoms with Crippen LogP contribution in [0.5, 0.6) is 0 Å². The van der Waals surface area contributed by atoms with E-state index in [2.05, 4.69) is 53.8 Å². The van der Waals surface area contributed by atoms with Gasteiger partial charge < -0.3 is 15.5 Å². The highest BCUT2D eigenvalue weighted by atomic mass is 15.2. The van der Waals surface area contributed by atoms with Crippen molar-refractivity contribution < 1.29 is 0 Å². The monoisotopic (exact) mass is 419 g/mol. The van der Waals surface area contributed by atoms with Crippen LogP contribution < -0.4 is 10.6 Å². The van der Waals surface area contributed by atoms with E-state index in [9.17, 15) is 0 Å². The van der Waals surface area contributed by atoms with Gasteiger partial charge in [0, 0.05) is 36.6 Å². The first-order valence-corrected chi connectivity index (χ1v) is 12.4. The Morgan fingerprint density at radius 3 is 2.68 bits per heavy atom. The molecule has 1 aromatic carbocycles. The summed E-state index contributed by atoms with van der Waals surface area (Å²) in [5.74, 6) is 3.31. The van der Waals surface area contributed by atoms with E-state index in [4.69, 9.17) is 9.97 Å². The molecule has 166 valence electrons. The predicted molar refractivity (Wildman–Crippen MR) is 131 cm³/mol. The van der Waals surface area contributed by atoms with Crippen molar-refractivity contribution in [2.24, 2.45) is 11.8 Å². The summed E-state index contributed by atoms with van der Waals surface area (Å²) in [6.45, 7) is 5.39. The third-order valence-corrected chi connectivity index (χ3v) is 7.45. The van der Waals surface area contributed by atoms with E-state index in [0.29, 0.717) is 6.04 Å². The summed E-state index contributed by atoms with van der Waals surface area (Å²) in [7, 11) is 2.19. The van der Waals surface area contributed by atoms with Gasteiger partial charge in [0.2, 0.25) is 5.95 Å². The Bertz CT molecular complexity index is 942. The van der Waals surface area contributed by atoms with Gasteiger partial charge in [0.1, 0.15) is 5.82 Å². The fraction of sp³-hybridized carbons (Fsp3) is 0.615. The molecule has 1 unspecified atom stereocenters. The second-order valence-electron chi connectivity index (χ2n) is 9.99. The molecule has 2 saturated carbocycles. The van der Waals surface area contributed by atoms with Gasteiger partial charge in [-0.2, -0.15) is 4.98 Å². The van der Waals surface area contributed by atoms with Crippen LogP contribution in [0.3, 0.4) is 0 Å². The van der Waals surface area contributed by atoms with E-state index in [0.717, 1.165) is 60.6 Å². The van der Waals surface area contributed by atoms with Crippen molar-refractivity contribution in [2.45, 2.75) is 64.3 Å². The van der Waals surface area contributed by atoms with Gasteiger partial charge in [-0.3, -0.25) is 0 Å². The Morgan fingerprint density at radius 1 is 1.10 bits per heavy atom. The summed E-state index contributed by atoms with van der Waals surface area (Å²) in [4.78, 5) is 12.4. The van der Waals surface area contributed by atoms with Gasteiger partial charge in [0.25, 0.3) is 0 Å². The van der Waals surface area contributed by atoms with E-state index >= 15 is 0 Å². The second kappa shape index (κ2) is 9.15. The number of nitrogens with one attached hydrogen (secondary N) is 2. The zero-order valence-corrected chi connectivity index (χ0v) is 19.2. The SMILES string of the molecule is CC(Nc1nc(NCC2CCCCC2)nc2c(C3=CCN(C)CC3)cccc12)C1CC1. The highest BCUT2D eigenvalue weighted by molar-refractivity contribution is 5.97. The van der Waals surface area contributed by atoms with Crippen molar-refractivity contribution in [3.63, 3.8) is 0 Å². The lowest BCUT2D eigenvalue weighted by Crippen LogP contribution is -2.24. The average molecular weight is 420 g/mol. The maximum absolute atomic E-state index is 5.07. The number of aromatic nitrogens is 2. The minimum atomic E-state index is 0.454. The van der Waals surface area contributed by atoms with Crippen molar-refractivity contribution in [2.75, 3.05) is 37.3 Å². The van der Waals surface area contributed by atoms with Crippen LogP contribution in [0.15, 0.2) is 24.3 Å². The second-order valence-corrected chi connectivity index (χ2v) is 9.99. The van der Waals surface area contributed by atoms with Crippen molar-refractivity contribution >= 4 is 28.2 Å². The summed E-state index contributed by atoms with van der Waals surface area (Å²) in [6.07, 6.45) is 12.9. The lowest BCUT2D eigenvalue weighted by molar-refractivity contribution is 0.370.